The molecule has 2 heterocycles. The quantitative estimate of drug-likeness (QED) is 0.175. The van der Waals surface area contributed by atoms with Crippen LogP contribution in [0.2, 0.25) is 0 Å². The predicted octanol–water partition coefficient (Wildman–Crippen LogP) is 17.5. The Balaban J connectivity index is 1.20. The monoisotopic (exact) mass is 902 g/mol. The summed E-state index contributed by atoms with van der Waals surface area (Å²) < 4.78 is 14.1. The minimum atomic E-state index is -0.192. The van der Waals surface area contributed by atoms with Crippen LogP contribution in [0.4, 0.5) is 34.1 Å². The standard InChI is InChI=1S/C63H58N4O2/c1-60(2,3)44-23-27-50-54(35-44)68-52-33-42(40-17-9-7-10-18-40)21-25-48(52)66(50)58-46(37-64)47(38-65)59(57-56(58)62(29-13-14-30-62)39-63(57)31-15-16-32-63)67-49-26-22-43(41-19-11-8-12-20-41)34-53(49)69-55-36-45(61(4,5)6)24-28-51(55)67/h7-12,17-28,33-36H,13-16,29-32,39H2,1-6H3. The van der Waals surface area contributed by atoms with E-state index in [4.69, 9.17) is 9.47 Å². The number of hydrogen-bond acceptors (Lipinski definition) is 6. The van der Waals surface area contributed by atoms with Crippen molar-refractivity contribution in [3.05, 3.63) is 167 Å². The molecule has 0 atom stereocenters. The van der Waals surface area contributed by atoms with Gasteiger partial charge < -0.3 is 19.3 Å². The molecule has 0 amide bonds. The molecule has 12 rings (SSSR count). The molecule has 2 saturated carbocycles. The maximum absolute atomic E-state index is 12.0. The fourth-order valence-corrected chi connectivity index (χ4v) is 12.9. The van der Waals surface area contributed by atoms with Gasteiger partial charge in [0.1, 0.15) is 12.1 Å². The van der Waals surface area contributed by atoms with Crippen LogP contribution in [0.15, 0.2) is 133 Å². The highest BCUT2D eigenvalue weighted by atomic mass is 16.5. The first-order valence-electron chi connectivity index (χ1n) is 25.0. The molecule has 6 heteroatoms. The Labute approximate surface area is 407 Å². The Morgan fingerprint density at radius 3 is 1.13 bits per heavy atom. The van der Waals surface area contributed by atoms with Crippen LogP contribution in [0.1, 0.15) is 133 Å². The molecule has 0 radical (unpaired) electrons. The Bertz CT molecular complexity index is 3090. The van der Waals surface area contributed by atoms with E-state index in [1.165, 1.54) is 11.1 Å². The fraction of sp³-hybridized carbons (Fsp3) is 0.302. The molecule has 2 spiro atoms. The van der Waals surface area contributed by atoms with Gasteiger partial charge in [-0.1, -0.05) is 152 Å². The van der Waals surface area contributed by atoms with Crippen LogP contribution in [0, 0.1) is 22.7 Å². The second-order valence-electron chi connectivity index (χ2n) is 22.4. The van der Waals surface area contributed by atoms with Crippen LogP contribution in [0.3, 0.4) is 0 Å². The van der Waals surface area contributed by atoms with Gasteiger partial charge in [-0.3, -0.25) is 0 Å². The molecule has 0 unspecified atom stereocenters. The first kappa shape index (κ1) is 43.0. The van der Waals surface area contributed by atoms with Gasteiger partial charge in [0.15, 0.2) is 23.0 Å². The van der Waals surface area contributed by atoms with Crippen LogP contribution in [0.5, 0.6) is 23.0 Å². The summed E-state index contributed by atoms with van der Waals surface area (Å²) in [5.74, 6) is 2.94. The van der Waals surface area contributed by atoms with Gasteiger partial charge in [0.2, 0.25) is 0 Å². The molecule has 0 N–H and O–H groups in total. The van der Waals surface area contributed by atoms with Gasteiger partial charge >= 0.3 is 0 Å². The molecule has 3 aliphatic carbocycles. The second kappa shape index (κ2) is 15.6. The van der Waals surface area contributed by atoms with Crippen molar-refractivity contribution >= 4 is 34.1 Å². The Kier molecular flexibility index (Phi) is 9.75. The van der Waals surface area contributed by atoms with E-state index in [0.717, 1.165) is 148 Å². The van der Waals surface area contributed by atoms with Crippen molar-refractivity contribution in [1.29, 1.82) is 10.5 Å². The maximum atomic E-state index is 12.0. The maximum Gasteiger partial charge on any atom is 0.152 e. The summed E-state index contributed by atoms with van der Waals surface area (Å²) in [6, 6.07) is 52.6. The van der Waals surface area contributed by atoms with Crippen LogP contribution in [0.25, 0.3) is 22.3 Å². The molecule has 2 fully saturated rings. The molecule has 0 aromatic heterocycles. The Morgan fingerprint density at radius 2 is 0.783 bits per heavy atom. The van der Waals surface area contributed by atoms with Crippen LogP contribution in [-0.2, 0) is 21.7 Å². The summed E-state index contributed by atoms with van der Waals surface area (Å²) in [6.07, 6.45) is 9.66. The number of hydrogen-bond donors (Lipinski definition) is 0. The second-order valence-corrected chi connectivity index (χ2v) is 22.4. The summed E-state index contributed by atoms with van der Waals surface area (Å²) in [6.45, 7) is 13.4. The number of rotatable bonds is 4. The summed E-state index contributed by atoms with van der Waals surface area (Å²) in [5.41, 5.74) is 14.5. The topological polar surface area (TPSA) is 72.5 Å². The molecule has 7 aromatic rings. The third-order valence-corrected chi connectivity index (χ3v) is 16.2. The van der Waals surface area contributed by atoms with Gasteiger partial charge in [0, 0.05) is 0 Å². The van der Waals surface area contributed by atoms with Crippen molar-refractivity contribution in [2.45, 2.75) is 121 Å². The van der Waals surface area contributed by atoms with E-state index >= 15 is 0 Å². The minimum absolute atomic E-state index is 0.132. The van der Waals surface area contributed by atoms with Gasteiger partial charge in [0.25, 0.3) is 0 Å². The highest BCUT2D eigenvalue weighted by Gasteiger charge is 2.59. The van der Waals surface area contributed by atoms with Crippen LogP contribution in [-0.4, -0.2) is 0 Å². The van der Waals surface area contributed by atoms with Gasteiger partial charge in [0.05, 0.1) is 45.3 Å². The normalized spacial score (nSPS) is 17.0. The van der Waals surface area contributed by atoms with Gasteiger partial charge in [-0.2, -0.15) is 10.5 Å². The zero-order valence-electron chi connectivity index (χ0n) is 40.7. The van der Waals surface area contributed by atoms with Crippen LogP contribution < -0.4 is 19.3 Å². The third kappa shape index (κ3) is 6.70. The highest BCUT2D eigenvalue weighted by Crippen LogP contribution is 2.70. The van der Waals surface area contributed by atoms with Crippen molar-refractivity contribution in [2.24, 2.45) is 0 Å². The first-order chi connectivity index (χ1) is 33.3. The van der Waals surface area contributed by atoms with E-state index in [0.29, 0.717) is 11.1 Å². The van der Waals surface area contributed by atoms with Gasteiger partial charge in [-0.05, 0) is 147 Å². The van der Waals surface area contributed by atoms with Crippen molar-refractivity contribution < 1.29 is 9.47 Å². The lowest BCUT2D eigenvalue weighted by Crippen LogP contribution is -2.27. The fourth-order valence-electron chi connectivity index (χ4n) is 12.9. The van der Waals surface area contributed by atoms with E-state index in [2.05, 4.69) is 185 Å². The molecule has 0 bridgehead atoms. The number of benzene rings is 7. The zero-order chi connectivity index (χ0) is 47.5. The SMILES string of the molecule is CC(C)(C)c1ccc2c(c1)Oc1cc(-c3ccccc3)ccc1N2c1c(C#N)c(C#N)c(N2c3ccc(-c4ccccc4)cc3Oc3cc(C(C)(C)C)ccc32)c2c1C1(CCCC1)CC21CCCC1. The number of fused-ring (bicyclic) bond motifs is 7. The van der Waals surface area contributed by atoms with E-state index < -0.39 is 0 Å². The molecular weight excluding hydrogens is 845 g/mol. The lowest BCUT2D eigenvalue weighted by molar-refractivity contribution is 0.324. The lowest BCUT2D eigenvalue weighted by Gasteiger charge is -2.41. The summed E-state index contributed by atoms with van der Waals surface area (Å²) >= 11 is 0. The van der Waals surface area contributed by atoms with E-state index in [1.54, 1.807) is 0 Å². The smallest absolute Gasteiger partial charge is 0.152 e. The molecule has 2 aliphatic heterocycles. The number of nitrogens with zero attached hydrogens (tertiary/aromatic N) is 4. The van der Waals surface area contributed by atoms with E-state index in [-0.39, 0.29) is 21.7 Å². The average molecular weight is 903 g/mol. The average Bonchev–Trinajstić information content (AvgIpc) is 4.10. The molecule has 7 aromatic carbocycles. The van der Waals surface area contributed by atoms with Crippen molar-refractivity contribution in [2.75, 3.05) is 9.80 Å². The van der Waals surface area contributed by atoms with E-state index in [1.807, 2.05) is 12.1 Å². The predicted molar refractivity (Wildman–Crippen MR) is 279 cm³/mol. The summed E-state index contributed by atoms with van der Waals surface area (Å²) in [7, 11) is 0. The Morgan fingerprint density at radius 1 is 0.435 bits per heavy atom. The molecule has 5 aliphatic rings. The third-order valence-electron chi connectivity index (χ3n) is 16.2. The molecule has 0 saturated heterocycles. The lowest BCUT2D eigenvalue weighted by atomic mass is 9.74. The summed E-state index contributed by atoms with van der Waals surface area (Å²) in [4.78, 5) is 4.66. The van der Waals surface area contributed by atoms with Gasteiger partial charge in [-0.25, -0.2) is 0 Å². The van der Waals surface area contributed by atoms with Crippen LogP contribution >= 0.6 is 0 Å². The number of anilines is 6. The summed E-state index contributed by atoms with van der Waals surface area (Å²) in [5, 5.41) is 24.0. The molecule has 6 nitrogen and oxygen atoms in total. The van der Waals surface area contributed by atoms with E-state index in [9.17, 15) is 10.5 Å². The minimum Gasteiger partial charge on any atom is -0.453 e. The zero-order valence-corrected chi connectivity index (χ0v) is 40.7. The molecular formula is C63H58N4O2. The molecule has 342 valence electrons. The van der Waals surface area contributed by atoms with Crippen molar-refractivity contribution in [3.8, 4) is 57.4 Å². The van der Waals surface area contributed by atoms with Gasteiger partial charge in [-0.15, -0.1) is 0 Å². The van der Waals surface area contributed by atoms with Crippen molar-refractivity contribution in [1.82, 2.24) is 0 Å². The molecule has 69 heavy (non-hydrogen) atoms. The number of ether oxygens (including phenoxy) is 2. The Hall–Kier alpha value is -7.28. The largest absolute Gasteiger partial charge is 0.453 e. The first-order valence-corrected chi connectivity index (χ1v) is 25.0. The highest BCUT2D eigenvalue weighted by molar-refractivity contribution is 6.00. The van der Waals surface area contributed by atoms with Crippen molar-refractivity contribution in [3.63, 3.8) is 0 Å². The number of nitriles is 2.